The fourth-order valence-electron chi connectivity index (χ4n) is 1.44. The molecule has 0 radical (unpaired) electrons. The van der Waals surface area contributed by atoms with Gasteiger partial charge in [-0.3, -0.25) is 0 Å². The summed E-state index contributed by atoms with van der Waals surface area (Å²) in [5.74, 6) is 0. The lowest BCUT2D eigenvalue weighted by Gasteiger charge is -2.15. The zero-order valence-corrected chi connectivity index (χ0v) is 7.54. The number of hydrogen-bond acceptors (Lipinski definition) is 4. The van der Waals surface area contributed by atoms with Gasteiger partial charge >= 0.3 is 0 Å². The van der Waals surface area contributed by atoms with E-state index in [1.807, 2.05) is 12.1 Å². The lowest BCUT2D eigenvalue weighted by molar-refractivity contribution is 0.453. The molecule has 0 fully saturated rings. The molecule has 1 aromatic rings. The van der Waals surface area contributed by atoms with Gasteiger partial charge < -0.3 is 9.87 Å². The van der Waals surface area contributed by atoms with Crippen LogP contribution < -0.4 is 5.32 Å². The van der Waals surface area contributed by atoms with Crippen LogP contribution in [0.25, 0.3) is 0 Å². The van der Waals surface area contributed by atoms with Crippen molar-refractivity contribution in [1.82, 2.24) is 0 Å². The Hall–Kier alpha value is -1.07. The van der Waals surface area contributed by atoms with Gasteiger partial charge in [0.1, 0.15) is 15.5 Å². The van der Waals surface area contributed by atoms with Gasteiger partial charge in [-0.2, -0.15) is 0 Å². The molecule has 0 saturated heterocycles. The molecule has 1 N–H and O–H groups in total. The number of hydrogen-bond donors (Lipinski definition) is 1. The summed E-state index contributed by atoms with van der Waals surface area (Å²) >= 11 is 0. The van der Waals surface area contributed by atoms with Crippen molar-refractivity contribution in [2.24, 2.45) is 0 Å². The molecule has 0 bridgehead atoms. The molecule has 4 nitrogen and oxygen atoms in total. The maximum atomic E-state index is 10.7. The zero-order valence-electron chi connectivity index (χ0n) is 6.73. The van der Waals surface area contributed by atoms with Crippen LogP contribution in [0.1, 0.15) is 5.56 Å². The lowest BCUT2D eigenvalue weighted by Crippen LogP contribution is -2.26. The molecular formula is C8H8NO3S-. The number of fused-ring (bicyclic) bond motifs is 1. The fourth-order valence-corrected chi connectivity index (χ4v) is 2.09. The number of para-hydroxylation sites is 1. The van der Waals surface area contributed by atoms with Gasteiger partial charge in [0.05, 0.1) is 0 Å². The van der Waals surface area contributed by atoms with Crippen LogP contribution in [0.2, 0.25) is 0 Å². The normalized spacial score (nSPS) is 20.8. The van der Waals surface area contributed by atoms with Gasteiger partial charge in [0.2, 0.25) is 0 Å². The first-order valence-electron chi connectivity index (χ1n) is 3.86. The topological polar surface area (TPSA) is 69.2 Å². The van der Waals surface area contributed by atoms with Crippen molar-refractivity contribution in [2.45, 2.75) is 11.8 Å². The zero-order chi connectivity index (χ0) is 9.47. The molecule has 1 aliphatic rings. The number of rotatable bonds is 1. The average Bonchev–Trinajstić information content (AvgIpc) is 2.45. The van der Waals surface area contributed by atoms with Crippen LogP contribution in [0.4, 0.5) is 5.69 Å². The van der Waals surface area contributed by atoms with E-state index >= 15 is 0 Å². The van der Waals surface area contributed by atoms with Gasteiger partial charge in [0.15, 0.2) is 0 Å². The SMILES string of the molecule is O=S(=O)([O-])C1Cc2ccccc2N1. The molecule has 13 heavy (non-hydrogen) atoms. The molecule has 0 spiro atoms. The minimum Gasteiger partial charge on any atom is -0.746 e. The van der Waals surface area contributed by atoms with E-state index in [0.29, 0.717) is 0 Å². The molecule has 70 valence electrons. The third kappa shape index (κ3) is 1.52. The Morgan fingerprint density at radius 1 is 1.38 bits per heavy atom. The molecule has 1 aliphatic heterocycles. The molecule has 5 heteroatoms. The second kappa shape index (κ2) is 2.71. The Morgan fingerprint density at radius 2 is 2.08 bits per heavy atom. The molecular weight excluding hydrogens is 190 g/mol. The molecule has 1 heterocycles. The van der Waals surface area contributed by atoms with Crippen LogP contribution in [-0.4, -0.2) is 18.3 Å². The van der Waals surface area contributed by atoms with Gasteiger partial charge in [-0.05, 0) is 11.6 Å². The molecule has 0 aromatic heterocycles. The Balaban J connectivity index is 2.33. The second-order valence-corrected chi connectivity index (χ2v) is 4.54. The molecule has 0 aliphatic carbocycles. The van der Waals surface area contributed by atoms with E-state index < -0.39 is 15.5 Å². The van der Waals surface area contributed by atoms with Crippen LogP contribution in [-0.2, 0) is 16.5 Å². The molecule has 2 rings (SSSR count). The van der Waals surface area contributed by atoms with Gasteiger partial charge in [-0.1, -0.05) is 18.2 Å². The lowest BCUT2D eigenvalue weighted by atomic mass is 10.2. The summed E-state index contributed by atoms with van der Waals surface area (Å²) < 4.78 is 32.1. The molecule has 0 amide bonds. The Labute approximate surface area is 76.3 Å². The molecule has 1 atom stereocenters. The van der Waals surface area contributed by atoms with Crippen molar-refractivity contribution < 1.29 is 13.0 Å². The Bertz CT molecular complexity index is 402. The predicted octanol–water partition coefficient (Wildman–Crippen LogP) is 0.526. The largest absolute Gasteiger partial charge is 0.746 e. The highest BCUT2D eigenvalue weighted by atomic mass is 32.2. The van der Waals surface area contributed by atoms with Gasteiger partial charge in [0, 0.05) is 12.1 Å². The highest BCUT2D eigenvalue weighted by Crippen LogP contribution is 2.26. The highest BCUT2D eigenvalue weighted by molar-refractivity contribution is 7.86. The standard InChI is InChI=1S/C8H9NO3S/c10-13(11,12)8-5-6-3-1-2-4-7(6)9-8/h1-4,8-9H,5H2,(H,10,11,12)/p-1. The van der Waals surface area contributed by atoms with E-state index in [1.54, 1.807) is 12.1 Å². The fraction of sp³-hybridized carbons (Fsp3) is 0.250. The quantitative estimate of drug-likeness (QED) is 0.668. The summed E-state index contributed by atoms with van der Waals surface area (Å²) in [5.41, 5.74) is 1.62. The maximum absolute atomic E-state index is 10.7. The van der Waals surface area contributed by atoms with Crippen molar-refractivity contribution in [3.63, 3.8) is 0 Å². The first-order valence-corrected chi connectivity index (χ1v) is 5.33. The van der Waals surface area contributed by atoms with E-state index in [-0.39, 0.29) is 6.42 Å². The van der Waals surface area contributed by atoms with Crippen LogP contribution in [0.3, 0.4) is 0 Å². The smallest absolute Gasteiger partial charge is 0.121 e. The molecule has 1 unspecified atom stereocenters. The monoisotopic (exact) mass is 198 g/mol. The van der Waals surface area contributed by atoms with E-state index in [1.165, 1.54) is 0 Å². The van der Waals surface area contributed by atoms with Crippen LogP contribution in [0.15, 0.2) is 24.3 Å². The third-order valence-electron chi connectivity index (χ3n) is 2.09. The highest BCUT2D eigenvalue weighted by Gasteiger charge is 2.24. The number of benzene rings is 1. The summed E-state index contributed by atoms with van der Waals surface area (Å²) in [4.78, 5) is 0. The first kappa shape index (κ1) is 8.52. The van der Waals surface area contributed by atoms with Gasteiger partial charge in [-0.15, -0.1) is 0 Å². The summed E-state index contributed by atoms with van der Waals surface area (Å²) in [6.07, 6.45) is 0.266. The summed E-state index contributed by atoms with van der Waals surface area (Å²) in [7, 11) is -4.23. The molecule has 1 aromatic carbocycles. The predicted molar refractivity (Wildman–Crippen MR) is 47.3 cm³/mol. The van der Waals surface area contributed by atoms with Crippen LogP contribution in [0, 0.1) is 0 Å². The molecule has 0 saturated carbocycles. The van der Waals surface area contributed by atoms with E-state index in [2.05, 4.69) is 5.32 Å². The summed E-state index contributed by atoms with van der Waals surface area (Å²) in [5, 5.41) is 1.68. The number of anilines is 1. The van der Waals surface area contributed by atoms with Gasteiger partial charge in [0.25, 0.3) is 0 Å². The maximum Gasteiger partial charge on any atom is 0.121 e. The first-order chi connectivity index (χ1) is 6.07. The Morgan fingerprint density at radius 3 is 2.69 bits per heavy atom. The van der Waals surface area contributed by atoms with E-state index in [0.717, 1.165) is 11.3 Å². The minimum atomic E-state index is -4.23. The Kier molecular flexibility index (Phi) is 1.78. The summed E-state index contributed by atoms with van der Waals surface area (Å²) in [6.45, 7) is 0. The van der Waals surface area contributed by atoms with E-state index in [9.17, 15) is 13.0 Å². The van der Waals surface area contributed by atoms with Crippen molar-refractivity contribution in [1.29, 1.82) is 0 Å². The second-order valence-electron chi connectivity index (χ2n) is 2.99. The van der Waals surface area contributed by atoms with Crippen molar-refractivity contribution in [3.05, 3.63) is 29.8 Å². The minimum absolute atomic E-state index is 0.266. The number of nitrogens with one attached hydrogen (secondary N) is 1. The van der Waals surface area contributed by atoms with Crippen molar-refractivity contribution >= 4 is 15.8 Å². The van der Waals surface area contributed by atoms with Crippen LogP contribution in [0.5, 0.6) is 0 Å². The van der Waals surface area contributed by atoms with Crippen LogP contribution >= 0.6 is 0 Å². The van der Waals surface area contributed by atoms with Crippen molar-refractivity contribution in [3.8, 4) is 0 Å². The van der Waals surface area contributed by atoms with E-state index in [4.69, 9.17) is 0 Å². The van der Waals surface area contributed by atoms with Crippen molar-refractivity contribution in [2.75, 3.05) is 5.32 Å². The average molecular weight is 198 g/mol. The summed E-state index contributed by atoms with van der Waals surface area (Å²) in [6, 6.07) is 7.19. The van der Waals surface area contributed by atoms with Gasteiger partial charge in [-0.25, -0.2) is 8.42 Å². The third-order valence-corrected chi connectivity index (χ3v) is 3.07.